The summed E-state index contributed by atoms with van der Waals surface area (Å²) in [5, 5.41) is 14.4. The van der Waals surface area contributed by atoms with Crippen molar-refractivity contribution in [3.8, 4) is 0 Å². The Morgan fingerprint density at radius 3 is 2.89 bits per heavy atom. The van der Waals surface area contributed by atoms with Gasteiger partial charge in [-0.1, -0.05) is 38.0 Å². The van der Waals surface area contributed by atoms with Crippen LogP contribution in [0.2, 0.25) is 0 Å². The van der Waals surface area contributed by atoms with E-state index in [1.54, 1.807) is 23.1 Å². The third-order valence-electron chi connectivity index (χ3n) is 4.36. The van der Waals surface area contributed by atoms with E-state index in [1.165, 1.54) is 11.3 Å². The van der Waals surface area contributed by atoms with Crippen molar-refractivity contribution in [2.45, 2.75) is 70.2 Å². The Balaban J connectivity index is 1.80. The molecular weight excluding hydrogens is 384 g/mol. The van der Waals surface area contributed by atoms with Gasteiger partial charge in [-0.25, -0.2) is 20.1 Å². The van der Waals surface area contributed by atoms with Gasteiger partial charge in [-0.3, -0.25) is 0 Å². The van der Waals surface area contributed by atoms with Gasteiger partial charge in [0.05, 0.1) is 12.2 Å². The number of nitrogens with zero attached hydrogens (tertiary/aromatic N) is 3. The van der Waals surface area contributed by atoms with E-state index in [1.807, 2.05) is 0 Å². The maximum Gasteiger partial charge on any atom is 0.254 e. The number of aliphatic imine (C=N–C) groups is 1. The Morgan fingerprint density at radius 1 is 1.44 bits per heavy atom. The van der Waals surface area contributed by atoms with E-state index >= 15 is 0 Å². The van der Waals surface area contributed by atoms with Crippen LogP contribution in [0.4, 0.5) is 0 Å². The molecule has 4 N–H and O–H groups in total. The molecule has 0 atom stereocenters. The number of hydrogen-bond donors (Lipinski definition) is 3. The van der Waals surface area contributed by atoms with Gasteiger partial charge in [0, 0.05) is 29.0 Å². The van der Waals surface area contributed by atoms with Gasteiger partial charge >= 0.3 is 0 Å². The van der Waals surface area contributed by atoms with Crippen molar-refractivity contribution in [1.82, 2.24) is 15.7 Å². The zero-order valence-corrected chi connectivity index (χ0v) is 17.5. The minimum Gasteiger partial charge on any atom is -0.349 e. The molecule has 0 unspecified atom stereocenters. The lowest BCUT2D eigenvalue weighted by Gasteiger charge is -2.23. The first-order valence-electron chi connectivity index (χ1n) is 9.59. The lowest BCUT2D eigenvalue weighted by atomic mass is 9.96. The predicted octanol–water partition coefficient (Wildman–Crippen LogP) is 2.85. The normalized spacial score (nSPS) is 15.7. The third-order valence-corrected chi connectivity index (χ3v) is 6.49. The summed E-state index contributed by atoms with van der Waals surface area (Å²) in [5.74, 6) is 1.89. The Kier molecular flexibility index (Phi) is 9.85. The molecule has 1 fully saturated rings. The highest BCUT2D eigenvalue weighted by Gasteiger charge is 2.16. The molecule has 1 aliphatic carbocycles. The van der Waals surface area contributed by atoms with E-state index in [0.717, 1.165) is 60.7 Å². The van der Waals surface area contributed by atoms with E-state index in [0.29, 0.717) is 13.1 Å². The van der Waals surface area contributed by atoms with Crippen molar-refractivity contribution in [2.24, 2.45) is 10.7 Å². The summed E-state index contributed by atoms with van der Waals surface area (Å²) in [5.41, 5.74) is 9.03. The molecule has 0 bridgehead atoms. The van der Waals surface area contributed by atoms with Gasteiger partial charge < -0.3 is 11.1 Å². The maximum atomic E-state index is 10.8. The number of rotatable bonds is 10. The standard InChI is InChI=1S/C17H30N6O2S2/c1-2-6-15-14(21-16(11-18)27-15)12-26-10-9-19-17(22-23(24)25)20-13-7-4-3-5-8-13/h13H,2-12,18H2,1H3,(H2,19,20,22). The van der Waals surface area contributed by atoms with Crippen LogP contribution in [0.15, 0.2) is 4.99 Å². The molecule has 2 rings (SSSR count). The fourth-order valence-corrected chi connectivity index (χ4v) is 5.04. The molecule has 1 aromatic heterocycles. The van der Waals surface area contributed by atoms with Crippen LogP contribution in [-0.2, 0) is 18.7 Å². The van der Waals surface area contributed by atoms with Crippen LogP contribution in [-0.4, -0.2) is 34.3 Å². The molecule has 152 valence electrons. The van der Waals surface area contributed by atoms with Crippen LogP contribution in [0.5, 0.6) is 0 Å². The van der Waals surface area contributed by atoms with Gasteiger partial charge in [-0.15, -0.1) is 11.3 Å². The summed E-state index contributed by atoms with van der Waals surface area (Å²) in [4.78, 5) is 21.1. The number of aryl methyl sites for hydroxylation is 1. The zero-order chi connectivity index (χ0) is 19.5. The average Bonchev–Trinajstić information content (AvgIpc) is 3.04. The van der Waals surface area contributed by atoms with Crippen LogP contribution in [0.1, 0.15) is 61.0 Å². The molecule has 8 nitrogen and oxygen atoms in total. The highest BCUT2D eigenvalue weighted by molar-refractivity contribution is 7.98. The van der Waals surface area contributed by atoms with Gasteiger partial charge in [0.2, 0.25) is 0 Å². The van der Waals surface area contributed by atoms with E-state index in [-0.39, 0.29) is 12.0 Å². The molecule has 0 amide bonds. The van der Waals surface area contributed by atoms with Crippen molar-refractivity contribution in [3.63, 3.8) is 0 Å². The number of nitro groups is 1. The molecule has 0 spiro atoms. The van der Waals surface area contributed by atoms with Crippen molar-refractivity contribution >= 4 is 29.1 Å². The largest absolute Gasteiger partial charge is 0.349 e. The van der Waals surface area contributed by atoms with Crippen molar-refractivity contribution in [2.75, 3.05) is 12.3 Å². The van der Waals surface area contributed by atoms with Crippen molar-refractivity contribution in [1.29, 1.82) is 0 Å². The Morgan fingerprint density at radius 2 is 2.22 bits per heavy atom. The molecule has 0 saturated heterocycles. The van der Waals surface area contributed by atoms with E-state index < -0.39 is 5.03 Å². The Labute approximate surface area is 168 Å². The molecule has 10 heteroatoms. The number of nitrogens with one attached hydrogen (secondary N) is 2. The number of nitrogens with two attached hydrogens (primary N) is 1. The lowest BCUT2D eigenvalue weighted by Crippen LogP contribution is -2.46. The van der Waals surface area contributed by atoms with Crippen LogP contribution in [0.3, 0.4) is 0 Å². The predicted molar refractivity (Wildman–Crippen MR) is 113 cm³/mol. The highest BCUT2D eigenvalue weighted by Crippen LogP contribution is 2.24. The van der Waals surface area contributed by atoms with Gasteiger partial charge in [0.25, 0.3) is 5.96 Å². The fourth-order valence-electron chi connectivity index (χ4n) is 3.09. The molecule has 0 radical (unpaired) electrons. The second-order valence-corrected chi connectivity index (χ2v) is 8.84. The summed E-state index contributed by atoms with van der Waals surface area (Å²) >= 11 is 3.46. The quantitative estimate of drug-likeness (QED) is 0.177. The molecule has 0 aliphatic heterocycles. The van der Waals surface area contributed by atoms with Crippen molar-refractivity contribution < 1.29 is 5.03 Å². The van der Waals surface area contributed by atoms with Gasteiger partial charge in [0.1, 0.15) is 5.01 Å². The Hall–Kier alpha value is -1.39. The fraction of sp³-hybridized carbons (Fsp3) is 0.765. The molecular formula is C17H30N6O2S2. The minimum atomic E-state index is -0.553. The van der Waals surface area contributed by atoms with Crippen LogP contribution >= 0.6 is 23.1 Å². The summed E-state index contributed by atoms with van der Waals surface area (Å²) in [6, 6.07) is 0.277. The third kappa shape index (κ3) is 8.02. The average molecular weight is 415 g/mol. The number of thiazole rings is 1. The molecule has 27 heavy (non-hydrogen) atoms. The number of hydrogen-bond acceptors (Lipinski definition) is 7. The first-order chi connectivity index (χ1) is 13.1. The van der Waals surface area contributed by atoms with Gasteiger partial charge in [-0.2, -0.15) is 11.8 Å². The SMILES string of the molecule is CCCc1sc(CN)nc1CSCCN=C(NC1CCCCC1)N[N+](=O)[O-]. The van der Waals surface area contributed by atoms with Crippen LogP contribution in [0, 0.1) is 10.1 Å². The van der Waals surface area contributed by atoms with E-state index in [9.17, 15) is 10.1 Å². The highest BCUT2D eigenvalue weighted by atomic mass is 32.2. The number of aromatic nitrogens is 1. The monoisotopic (exact) mass is 414 g/mol. The summed E-state index contributed by atoms with van der Waals surface area (Å²) < 4.78 is 0. The smallest absolute Gasteiger partial charge is 0.254 e. The molecule has 1 aliphatic rings. The molecule has 1 heterocycles. The summed E-state index contributed by atoms with van der Waals surface area (Å²) in [6.45, 7) is 3.17. The Bertz CT molecular complexity index is 617. The maximum absolute atomic E-state index is 10.8. The molecule has 1 aromatic rings. The summed E-state index contributed by atoms with van der Waals surface area (Å²) in [7, 11) is 0. The topological polar surface area (TPSA) is 118 Å². The number of thioether (sulfide) groups is 1. The van der Waals surface area contributed by atoms with Gasteiger partial charge in [0.15, 0.2) is 5.03 Å². The van der Waals surface area contributed by atoms with E-state index in [4.69, 9.17) is 5.73 Å². The minimum absolute atomic E-state index is 0.276. The van der Waals surface area contributed by atoms with Gasteiger partial charge in [-0.05, 0) is 19.3 Å². The van der Waals surface area contributed by atoms with Crippen LogP contribution in [0.25, 0.3) is 0 Å². The second-order valence-electron chi connectivity index (χ2n) is 6.56. The molecule has 1 saturated carbocycles. The molecule has 0 aromatic carbocycles. The number of guanidine groups is 1. The first kappa shape index (κ1) is 21.9. The van der Waals surface area contributed by atoms with Crippen LogP contribution < -0.4 is 16.5 Å². The zero-order valence-electron chi connectivity index (χ0n) is 15.9. The lowest BCUT2D eigenvalue weighted by molar-refractivity contribution is -0.525. The first-order valence-corrected chi connectivity index (χ1v) is 11.6. The van der Waals surface area contributed by atoms with Crippen molar-refractivity contribution in [3.05, 3.63) is 25.7 Å². The second kappa shape index (κ2) is 12.1. The number of hydrazine groups is 1. The summed E-state index contributed by atoms with van der Waals surface area (Å²) in [6.07, 6.45) is 7.79. The van der Waals surface area contributed by atoms with E-state index in [2.05, 4.69) is 27.6 Å².